The number of rotatable bonds is 2. The average molecular weight is 301 g/mol. The third-order valence-electron chi connectivity index (χ3n) is 2.20. The van der Waals surface area contributed by atoms with Gasteiger partial charge >= 0.3 is 0 Å². The molecular weight excluding hydrogens is 292 g/mol. The van der Waals surface area contributed by atoms with Gasteiger partial charge < -0.3 is 0 Å². The van der Waals surface area contributed by atoms with Gasteiger partial charge in [-0.25, -0.2) is 9.37 Å². The third kappa shape index (κ3) is 2.42. The summed E-state index contributed by atoms with van der Waals surface area (Å²) >= 11 is 9.37. The summed E-state index contributed by atoms with van der Waals surface area (Å²) in [5.41, 5.74) is 2.54. The maximum Gasteiger partial charge on any atom is 0.137 e. The molecule has 0 spiro atoms. The van der Waals surface area contributed by atoms with E-state index in [1.807, 2.05) is 12.1 Å². The van der Waals surface area contributed by atoms with E-state index < -0.39 is 0 Å². The van der Waals surface area contributed by atoms with Gasteiger partial charge in [0.05, 0.1) is 5.69 Å². The van der Waals surface area contributed by atoms with Crippen LogP contribution < -0.4 is 0 Å². The van der Waals surface area contributed by atoms with Crippen molar-refractivity contribution in [1.29, 1.82) is 0 Å². The highest BCUT2D eigenvalue weighted by molar-refractivity contribution is 9.08. The zero-order valence-electron chi connectivity index (χ0n) is 8.25. The minimum Gasteiger partial charge on any atom is -0.240 e. The fraction of sp³-hybridized carbons (Fsp3) is 0.0833. The standard InChI is InChI=1S/C12H8BrClFN/c13-7-10-5-6-11(12(14)16-10)8-1-3-9(15)4-2-8/h1-6H,7H2. The number of aromatic nitrogens is 1. The van der Waals surface area contributed by atoms with Crippen molar-refractivity contribution in [3.63, 3.8) is 0 Å². The van der Waals surface area contributed by atoms with E-state index in [0.717, 1.165) is 16.8 Å². The van der Waals surface area contributed by atoms with Gasteiger partial charge in [0.15, 0.2) is 0 Å². The predicted molar refractivity (Wildman–Crippen MR) is 67.3 cm³/mol. The van der Waals surface area contributed by atoms with Gasteiger partial charge in [-0.1, -0.05) is 39.7 Å². The first-order chi connectivity index (χ1) is 7.70. The summed E-state index contributed by atoms with van der Waals surface area (Å²) in [6.07, 6.45) is 0. The van der Waals surface area contributed by atoms with Crippen LogP contribution in [-0.2, 0) is 5.33 Å². The van der Waals surface area contributed by atoms with Crippen LogP contribution >= 0.6 is 27.5 Å². The van der Waals surface area contributed by atoms with Crippen molar-refractivity contribution in [3.05, 3.63) is 53.1 Å². The maximum absolute atomic E-state index is 12.8. The molecular formula is C12H8BrClFN. The molecule has 1 nitrogen and oxygen atoms in total. The summed E-state index contributed by atoms with van der Waals surface area (Å²) in [6.45, 7) is 0. The molecule has 0 unspecified atom stereocenters. The topological polar surface area (TPSA) is 12.9 Å². The maximum atomic E-state index is 12.8. The summed E-state index contributed by atoms with van der Waals surface area (Å²) in [4.78, 5) is 4.22. The summed E-state index contributed by atoms with van der Waals surface area (Å²) in [7, 11) is 0. The minimum atomic E-state index is -0.259. The van der Waals surface area contributed by atoms with Gasteiger partial charge in [0.25, 0.3) is 0 Å². The van der Waals surface area contributed by atoms with Gasteiger partial charge in [-0.2, -0.15) is 0 Å². The molecule has 0 aliphatic rings. The second-order valence-electron chi connectivity index (χ2n) is 3.28. The van der Waals surface area contributed by atoms with E-state index in [2.05, 4.69) is 20.9 Å². The molecule has 0 atom stereocenters. The van der Waals surface area contributed by atoms with E-state index in [1.54, 1.807) is 12.1 Å². The van der Waals surface area contributed by atoms with E-state index >= 15 is 0 Å². The number of pyridine rings is 1. The summed E-state index contributed by atoms with van der Waals surface area (Å²) in [6, 6.07) is 9.96. The number of nitrogens with zero attached hydrogens (tertiary/aromatic N) is 1. The van der Waals surface area contributed by atoms with Gasteiger partial charge in [0.1, 0.15) is 11.0 Å². The van der Waals surface area contributed by atoms with Crippen LogP contribution in [0.5, 0.6) is 0 Å². The van der Waals surface area contributed by atoms with Crippen LogP contribution in [0.1, 0.15) is 5.69 Å². The molecule has 0 N–H and O–H groups in total. The SMILES string of the molecule is Fc1ccc(-c2ccc(CBr)nc2Cl)cc1. The van der Waals surface area contributed by atoms with Gasteiger partial charge in [-0.05, 0) is 29.8 Å². The van der Waals surface area contributed by atoms with Crippen LogP contribution in [0.25, 0.3) is 11.1 Å². The van der Waals surface area contributed by atoms with Crippen LogP contribution in [0.2, 0.25) is 5.15 Å². The molecule has 0 bridgehead atoms. The fourth-order valence-electron chi connectivity index (χ4n) is 1.39. The largest absolute Gasteiger partial charge is 0.240 e. The highest BCUT2D eigenvalue weighted by Gasteiger charge is 2.05. The van der Waals surface area contributed by atoms with Gasteiger partial charge in [0, 0.05) is 10.9 Å². The van der Waals surface area contributed by atoms with Crippen LogP contribution in [0.4, 0.5) is 4.39 Å². The predicted octanol–water partition coefficient (Wildman–Crippen LogP) is 4.44. The summed E-state index contributed by atoms with van der Waals surface area (Å²) < 4.78 is 12.8. The molecule has 0 amide bonds. The van der Waals surface area contributed by atoms with E-state index in [-0.39, 0.29) is 5.82 Å². The van der Waals surface area contributed by atoms with E-state index in [0.29, 0.717) is 10.5 Å². The van der Waals surface area contributed by atoms with Gasteiger partial charge in [-0.15, -0.1) is 0 Å². The van der Waals surface area contributed by atoms with Crippen molar-refractivity contribution >= 4 is 27.5 Å². The lowest BCUT2D eigenvalue weighted by Gasteiger charge is -2.05. The van der Waals surface area contributed by atoms with Crippen molar-refractivity contribution in [1.82, 2.24) is 4.98 Å². The second kappa shape index (κ2) is 4.93. The lowest BCUT2D eigenvalue weighted by atomic mass is 10.1. The normalized spacial score (nSPS) is 10.4. The summed E-state index contributed by atoms with van der Waals surface area (Å²) in [5, 5.41) is 1.10. The molecule has 1 aromatic heterocycles. The molecule has 0 aliphatic carbocycles. The van der Waals surface area contributed by atoms with Crippen molar-refractivity contribution in [3.8, 4) is 11.1 Å². The van der Waals surface area contributed by atoms with Crippen LogP contribution in [0, 0.1) is 5.82 Å². The number of hydrogen-bond donors (Lipinski definition) is 0. The van der Waals surface area contributed by atoms with Crippen LogP contribution in [0.3, 0.4) is 0 Å². The second-order valence-corrected chi connectivity index (χ2v) is 4.20. The highest BCUT2D eigenvalue weighted by atomic mass is 79.9. The van der Waals surface area contributed by atoms with E-state index in [1.165, 1.54) is 12.1 Å². The molecule has 4 heteroatoms. The van der Waals surface area contributed by atoms with Crippen LogP contribution in [-0.4, -0.2) is 4.98 Å². The molecule has 0 radical (unpaired) electrons. The highest BCUT2D eigenvalue weighted by Crippen LogP contribution is 2.27. The lowest BCUT2D eigenvalue weighted by Crippen LogP contribution is -1.88. The molecule has 2 aromatic rings. The van der Waals surface area contributed by atoms with E-state index in [4.69, 9.17) is 11.6 Å². The average Bonchev–Trinajstić information content (AvgIpc) is 2.30. The first-order valence-electron chi connectivity index (χ1n) is 4.68. The smallest absolute Gasteiger partial charge is 0.137 e. The first kappa shape index (κ1) is 11.6. The van der Waals surface area contributed by atoms with Crippen molar-refractivity contribution in [2.75, 3.05) is 0 Å². The number of hydrogen-bond acceptors (Lipinski definition) is 1. The number of benzene rings is 1. The zero-order valence-corrected chi connectivity index (χ0v) is 10.6. The Hall–Kier alpha value is -0.930. The van der Waals surface area contributed by atoms with Gasteiger partial charge in [0.2, 0.25) is 0 Å². The fourth-order valence-corrected chi connectivity index (χ4v) is 1.98. The van der Waals surface area contributed by atoms with Crippen molar-refractivity contribution in [2.24, 2.45) is 0 Å². The molecule has 2 rings (SSSR count). The molecule has 0 fully saturated rings. The molecule has 0 aliphatic heterocycles. The number of halogens is 3. The number of alkyl halides is 1. The van der Waals surface area contributed by atoms with E-state index in [9.17, 15) is 4.39 Å². The summed E-state index contributed by atoms with van der Waals surface area (Å²) in [5.74, 6) is -0.259. The Labute approximate surface area is 106 Å². The molecule has 82 valence electrons. The monoisotopic (exact) mass is 299 g/mol. The molecule has 0 saturated carbocycles. The van der Waals surface area contributed by atoms with Crippen LogP contribution in [0.15, 0.2) is 36.4 Å². The Morgan fingerprint density at radius 2 is 1.81 bits per heavy atom. The Bertz CT molecular complexity index is 499. The minimum absolute atomic E-state index is 0.259. The quantitative estimate of drug-likeness (QED) is 0.590. The Balaban J connectivity index is 2.44. The first-order valence-corrected chi connectivity index (χ1v) is 6.18. The molecule has 16 heavy (non-hydrogen) atoms. The molecule has 1 aromatic carbocycles. The Kier molecular flexibility index (Phi) is 3.56. The molecule has 0 saturated heterocycles. The van der Waals surface area contributed by atoms with Crippen molar-refractivity contribution in [2.45, 2.75) is 5.33 Å². The van der Waals surface area contributed by atoms with Gasteiger partial charge in [-0.3, -0.25) is 0 Å². The third-order valence-corrected chi connectivity index (χ3v) is 3.06. The Morgan fingerprint density at radius 1 is 1.12 bits per heavy atom. The lowest BCUT2D eigenvalue weighted by molar-refractivity contribution is 0.628. The van der Waals surface area contributed by atoms with Crippen molar-refractivity contribution < 1.29 is 4.39 Å². The molecule has 1 heterocycles. The Morgan fingerprint density at radius 3 is 2.38 bits per heavy atom. The zero-order chi connectivity index (χ0) is 11.5.